The van der Waals surface area contributed by atoms with E-state index in [0.29, 0.717) is 12.3 Å². The van der Waals surface area contributed by atoms with Gasteiger partial charge in [-0.15, -0.1) is 0 Å². The molecule has 3 rings (SSSR count). The van der Waals surface area contributed by atoms with E-state index in [4.69, 9.17) is 4.42 Å². The molecule has 0 aliphatic carbocycles. The van der Waals surface area contributed by atoms with Crippen molar-refractivity contribution in [2.45, 2.75) is 34.4 Å². The molecule has 0 saturated carbocycles. The summed E-state index contributed by atoms with van der Waals surface area (Å²) in [6.45, 7) is 2.93. The zero-order valence-electron chi connectivity index (χ0n) is 14.3. The van der Waals surface area contributed by atoms with Crippen molar-refractivity contribution in [2.24, 2.45) is 0 Å². The lowest BCUT2D eigenvalue weighted by molar-refractivity contribution is -0.0436. The van der Waals surface area contributed by atoms with Crippen molar-refractivity contribution in [3.8, 4) is 11.6 Å². The maximum Gasteiger partial charge on any atom is 0.501 e. The molecule has 150 valence electrons. The minimum absolute atomic E-state index is 0.158. The number of rotatable bonds is 4. The zero-order chi connectivity index (χ0) is 20.9. The van der Waals surface area contributed by atoms with Crippen molar-refractivity contribution in [1.29, 1.82) is 0 Å². The molecule has 0 fully saturated rings. The van der Waals surface area contributed by atoms with Gasteiger partial charge >= 0.3 is 5.51 Å². The van der Waals surface area contributed by atoms with Gasteiger partial charge in [-0.1, -0.05) is 0 Å². The Morgan fingerprint density at radius 3 is 2.39 bits per heavy atom. The molecule has 8 nitrogen and oxygen atoms in total. The number of pyridine rings is 2. The molecule has 3 aromatic rings. The van der Waals surface area contributed by atoms with E-state index in [0.717, 1.165) is 0 Å². The Labute approximate surface area is 157 Å². The maximum atomic E-state index is 12.7. The lowest BCUT2D eigenvalue weighted by Gasteiger charge is -2.09. The molecule has 3 heterocycles. The van der Waals surface area contributed by atoms with Crippen LogP contribution < -0.4 is 0 Å². The fourth-order valence-corrected chi connectivity index (χ4v) is 4.13. The molecule has 0 unspecified atom stereocenters. The van der Waals surface area contributed by atoms with Crippen molar-refractivity contribution >= 4 is 30.9 Å². The predicted molar refractivity (Wildman–Crippen MR) is 90.6 cm³/mol. The zero-order valence-corrected chi connectivity index (χ0v) is 15.9. The fourth-order valence-electron chi connectivity index (χ4n) is 2.22. The monoisotopic (exact) mass is 435 g/mol. The molecule has 0 bridgehead atoms. The third-order valence-electron chi connectivity index (χ3n) is 3.74. The van der Waals surface area contributed by atoms with Gasteiger partial charge in [-0.3, -0.25) is 0 Å². The predicted octanol–water partition coefficient (Wildman–Crippen LogP) is 2.76. The summed E-state index contributed by atoms with van der Waals surface area (Å²) in [6, 6.07) is 3.34. The van der Waals surface area contributed by atoms with E-state index < -0.39 is 35.3 Å². The molecule has 3 aromatic heterocycles. The van der Waals surface area contributed by atoms with Gasteiger partial charge in [-0.2, -0.15) is 13.2 Å². The smallest absolute Gasteiger partial charge is 0.416 e. The standard InChI is InChI=1S/C15H12F3N3O5S2/c1-8(2)27(22,23)11-4-3-5-19-12(11)14-21-10-6-9(7-20-13(10)26-14)28(24,25)15(16,17)18/h3-8H,1-2H3. The number of alkyl halides is 3. The van der Waals surface area contributed by atoms with E-state index in [1.165, 1.54) is 32.2 Å². The third-order valence-corrected chi connectivity index (χ3v) is 7.37. The Bertz CT molecular complexity index is 1270. The summed E-state index contributed by atoms with van der Waals surface area (Å²) in [4.78, 5) is 10.1. The van der Waals surface area contributed by atoms with E-state index in [-0.39, 0.29) is 27.7 Å². The van der Waals surface area contributed by atoms with Crippen molar-refractivity contribution in [3.05, 3.63) is 30.6 Å². The first-order chi connectivity index (χ1) is 12.9. The van der Waals surface area contributed by atoms with Gasteiger partial charge in [-0.05, 0) is 32.0 Å². The molecule has 0 aliphatic heterocycles. The first-order valence-electron chi connectivity index (χ1n) is 7.63. The number of fused-ring (bicyclic) bond motifs is 1. The molecule has 0 amide bonds. The van der Waals surface area contributed by atoms with E-state index in [1.807, 2.05) is 0 Å². The van der Waals surface area contributed by atoms with Gasteiger partial charge in [0.2, 0.25) is 11.6 Å². The number of hydrogen-bond donors (Lipinski definition) is 0. The summed E-state index contributed by atoms with van der Waals surface area (Å²) in [5, 5.41) is -0.776. The van der Waals surface area contributed by atoms with Crippen LogP contribution >= 0.6 is 0 Å². The summed E-state index contributed by atoms with van der Waals surface area (Å²) in [6.07, 6.45) is 1.78. The second kappa shape index (κ2) is 6.51. The minimum atomic E-state index is -5.62. The first kappa shape index (κ1) is 20.2. The third kappa shape index (κ3) is 3.24. The highest BCUT2D eigenvalue weighted by molar-refractivity contribution is 7.92. The number of aromatic nitrogens is 3. The quantitative estimate of drug-likeness (QED) is 0.613. The Hall–Kier alpha value is -2.54. The Balaban J connectivity index is 2.19. The summed E-state index contributed by atoms with van der Waals surface area (Å²) in [5.74, 6) is -0.316. The van der Waals surface area contributed by atoms with Crippen LogP contribution in [0, 0.1) is 0 Å². The van der Waals surface area contributed by atoms with E-state index >= 15 is 0 Å². The normalized spacial score (nSPS) is 13.4. The Kier molecular flexibility index (Phi) is 4.70. The highest BCUT2D eigenvalue weighted by atomic mass is 32.2. The van der Waals surface area contributed by atoms with Gasteiger partial charge in [0.25, 0.3) is 9.84 Å². The summed E-state index contributed by atoms with van der Waals surface area (Å²) in [5.41, 5.74) is -6.23. The van der Waals surface area contributed by atoms with Crippen LogP contribution in [0.5, 0.6) is 0 Å². The highest BCUT2D eigenvalue weighted by Crippen LogP contribution is 2.33. The number of nitrogens with zero attached hydrogens (tertiary/aromatic N) is 3. The van der Waals surface area contributed by atoms with Gasteiger partial charge in [0.1, 0.15) is 11.2 Å². The SMILES string of the molecule is CC(C)S(=O)(=O)c1cccnc1-c1nc2cc(S(=O)(=O)C(F)(F)F)cnc2o1. The Morgan fingerprint density at radius 2 is 1.79 bits per heavy atom. The van der Waals surface area contributed by atoms with Gasteiger partial charge in [0.05, 0.1) is 21.2 Å². The van der Waals surface area contributed by atoms with Crippen LogP contribution in [0.4, 0.5) is 13.2 Å². The molecular weight excluding hydrogens is 423 g/mol. The average molecular weight is 435 g/mol. The van der Waals surface area contributed by atoms with Crippen molar-refractivity contribution in [1.82, 2.24) is 15.0 Å². The van der Waals surface area contributed by atoms with Gasteiger partial charge in [0, 0.05) is 6.20 Å². The molecule has 0 saturated heterocycles. The molecule has 0 aliphatic rings. The van der Waals surface area contributed by atoms with Crippen LogP contribution in [0.2, 0.25) is 0 Å². The molecule has 0 aromatic carbocycles. The van der Waals surface area contributed by atoms with Crippen LogP contribution in [-0.2, 0) is 19.7 Å². The van der Waals surface area contributed by atoms with Crippen molar-refractivity contribution in [2.75, 3.05) is 0 Å². The Morgan fingerprint density at radius 1 is 1.11 bits per heavy atom. The summed E-state index contributed by atoms with van der Waals surface area (Å²) in [7, 11) is -9.39. The second-order valence-electron chi connectivity index (χ2n) is 5.91. The van der Waals surface area contributed by atoms with E-state index in [1.54, 1.807) is 0 Å². The first-order valence-corrected chi connectivity index (χ1v) is 10.7. The fraction of sp³-hybridized carbons (Fsp3) is 0.267. The molecule has 0 N–H and O–H groups in total. The number of sulfone groups is 2. The average Bonchev–Trinajstić information content (AvgIpc) is 3.03. The lowest BCUT2D eigenvalue weighted by atomic mass is 10.3. The molecule has 28 heavy (non-hydrogen) atoms. The molecule has 0 atom stereocenters. The van der Waals surface area contributed by atoms with Gasteiger partial charge in [0.15, 0.2) is 9.84 Å². The summed E-state index contributed by atoms with van der Waals surface area (Å²) < 4.78 is 91.5. The highest BCUT2D eigenvalue weighted by Gasteiger charge is 2.47. The van der Waals surface area contributed by atoms with Crippen LogP contribution in [0.25, 0.3) is 22.8 Å². The molecular formula is C15H12F3N3O5S2. The number of hydrogen-bond acceptors (Lipinski definition) is 8. The maximum absolute atomic E-state index is 12.7. The van der Waals surface area contributed by atoms with Gasteiger partial charge < -0.3 is 4.42 Å². The van der Waals surface area contributed by atoms with Crippen LogP contribution in [0.1, 0.15) is 13.8 Å². The van der Waals surface area contributed by atoms with Gasteiger partial charge in [-0.25, -0.2) is 31.8 Å². The summed E-state index contributed by atoms with van der Waals surface area (Å²) >= 11 is 0. The lowest BCUT2D eigenvalue weighted by Crippen LogP contribution is -2.23. The minimum Gasteiger partial charge on any atom is -0.416 e. The van der Waals surface area contributed by atoms with Crippen molar-refractivity contribution < 1.29 is 34.4 Å². The molecule has 0 spiro atoms. The molecule has 13 heteroatoms. The van der Waals surface area contributed by atoms with Crippen LogP contribution in [0.3, 0.4) is 0 Å². The topological polar surface area (TPSA) is 120 Å². The van der Waals surface area contributed by atoms with E-state index in [2.05, 4.69) is 15.0 Å². The number of halogens is 3. The van der Waals surface area contributed by atoms with E-state index in [9.17, 15) is 30.0 Å². The largest absolute Gasteiger partial charge is 0.501 e. The molecule has 0 radical (unpaired) electrons. The van der Waals surface area contributed by atoms with Crippen molar-refractivity contribution in [3.63, 3.8) is 0 Å². The van der Waals surface area contributed by atoms with Crippen LogP contribution in [0.15, 0.2) is 44.8 Å². The number of oxazole rings is 1. The van der Waals surface area contributed by atoms with Crippen LogP contribution in [-0.4, -0.2) is 42.5 Å². The second-order valence-corrected chi connectivity index (χ2v) is 10.3.